The lowest BCUT2D eigenvalue weighted by Gasteiger charge is -2.62. The van der Waals surface area contributed by atoms with Crippen LogP contribution in [0.25, 0.3) is 0 Å². The summed E-state index contributed by atoms with van der Waals surface area (Å²) in [5.74, 6) is 0.942. The molecule has 1 aromatic carbocycles. The summed E-state index contributed by atoms with van der Waals surface area (Å²) >= 11 is 0. The van der Waals surface area contributed by atoms with E-state index in [1.165, 1.54) is 6.42 Å². The summed E-state index contributed by atoms with van der Waals surface area (Å²) in [5, 5.41) is 11.0. The molecule has 4 heteroatoms. The first-order valence-electron chi connectivity index (χ1n) is 9.19. The average molecular weight is 328 g/mol. The monoisotopic (exact) mass is 328 g/mol. The van der Waals surface area contributed by atoms with Crippen molar-refractivity contribution in [1.82, 2.24) is 0 Å². The Labute approximate surface area is 143 Å². The lowest BCUT2D eigenvalue weighted by atomic mass is 9.45. The van der Waals surface area contributed by atoms with Crippen LogP contribution in [0.15, 0.2) is 30.3 Å². The van der Waals surface area contributed by atoms with E-state index in [1.807, 2.05) is 30.3 Å². The van der Waals surface area contributed by atoms with Gasteiger partial charge in [-0.3, -0.25) is 4.79 Å². The molecule has 5 rings (SSSR count). The van der Waals surface area contributed by atoms with Gasteiger partial charge in [0.2, 0.25) is 0 Å². The predicted octanol–water partition coefficient (Wildman–Crippen LogP) is 1.78. The smallest absolute Gasteiger partial charge is 0.178 e. The van der Waals surface area contributed by atoms with Gasteiger partial charge in [-0.25, -0.2) is 0 Å². The van der Waals surface area contributed by atoms with Crippen molar-refractivity contribution < 1.29 is 9.90 Å². The first-order valence-corrected chi connectivity index (χ1v) is 9.19. The van der Waals surface area contributed by atoms with Crippen molar-refractivity contribution in [1.29, 1.82) is 0 Å². The highest BCUT2D eigenvalue weighted by Crippen LogP contribution is 2.62. The number of aliphatic hydroxyl groups is 1. The molecule has 4 aliphatic carbocycles. The van der Waals surface area contributed by atoms with E-state index in [0.717, 1.165) is 37.7 Å². The van der Waals surface area contributed by atoms with Gasteiger partial charge in [0.05, 0.1) is 6.04 Å². The second-order valence-electron chi connectivity index (χ2n) is 8.79. The molecule has 0 saturated heterocycles. The van der Waals surface area contributed by atoms with Gasteiger partial charge in [-0.2, -0.15) is 0 Å². The number of carbonyl (C=O) groups is 1. The molecule has 24 heavy (non-hydrogen) atoms. The van der Waals surface area contributed by atoms with Crippen molar-refractivity contribution >= 4 is 5.78 Å². The molecular weight excluding hydrogens is 300 g/mol. The molecule has 4 fully saturated rings. The summed E-state index contributed by atoms with van der Waals surface area (Å²) in [6, 6.07) is 9.13. The molecule has 4 aliphatic rings. The number of hydrogen-bond acceptors (Lipinski definition) is 4. The van der Waals surface area contributed by atoms with Gasteiger partial charge in [0.15, 0.2) is 5.78 Å². The zero-order valence-corrected chi connectivity index (χ0v) is 14.2. The fourth-order valence-electron chi connectivity index (χ4n) is 6.20. The van der Waals surface area contributed by atoms with Gasteiger partial charge >= 0.3 is 0 Å². The van der Waals surface area contributed by atoms with Crippen LogP contribution in [0.3, 0.4) is 0 Å². The summed E-state index contributed by atoms with van der Waals surface area (Å²) < 4.78 is 0. The van der Waals surface area contributed by atoms with Crippen molar-refractivity contribution in [2.24, 2.45) is 28.7 Å². The second kappa shape index (κ2) is 5.65. The maximum absolute atomic E-state index is 12.9. The minimum atomic E-state index is -0.968. The number of nitrogens with two attached hydrogens (primary N) is 2. The third kappa shape index (κ3) is 2.71. The molecule has 0 aromatic heterocycles. The molecule has 4 nitrogen and oxygen atoms in total. The fraction of sp³-hybridized carbons (Fsp3) is 0.650. The first kappa shape index (κ1) is 16.2. The summed E-state index contributed by atoms with van der Waals surface area (Å²) in [6.07, 6.45) is 5.50. The number of carbonyl (C=O) groups excluding carboxylic acids is 1. The largest absolute Gasteiger partial charge is 0.385 e. The maximum atomic E-state index is 12.9. The van der Waals surface area contributed by atoms with Crippen LogP contribution >= 0.6 is 0 Å². The average Bonchev–Trinajstić information content (AvgIpc) is 2.52. The number of Topliss-reactive ketones (excluding diaryl/α,β-unsaturated/α-hetero) is 1. The molecule has 1 aromatic rings. The highest BCUT2D eigenvalue weighted by atomic mass is 16.3. The summed E-state index contributed by atoms with van der Waals surface area (Å²) in [7, 11) is 0. The molecule has 0 heterocycles. The van der Waals surface area contributed by atoms with Gasteiger partial charge in [-0.1, -0.05) is 30.3 Å². The molecule has 0 amide bonds. The summed E-state index contributed by atoms with van der Waals surface area (Å²) in [6.45, 7) is 0. The van der Waals surface area contributed by atoms with Gasteiger partial charge in [-0.15, -0.1) is 0 Å². The van der Waals surface area contributed by atoms with Crippen molar-refractivity contribution in [3.05, 3.63) is 35.9 Å². The lowest BCUT2D eigenvalue weighted by Crippen LogP contribution is -2.64. The van der Waals surface area contributed by atoms with Crippen molar-refractivity contribution in [2.45, 2.75) is 62.6 Å². The molecule has 0 aliphatic heterocycles. The maximum Gasteiger partial charge on any atom is 0.178 e. The lowest BCUT2D eigenvalue weighted by molar-refractivity contribution is -0.157. The third-order valence-electron chi connectivity index (χ3n) is 6.67. The molecule has 130 valence electrons. The van der Waals surface area contributed by atoms with Crippen LogP contribution in [0.4, 0.5) is 0 Å². The zero-order chi connectivity index (χ0) is 16.9. The number of aliphatic hydroxyl groups excluding tert-OH is 1. The highest BCUT2D eigenvalue weighted by Gasteiger charge is 2.60. The Bertz CT molecular complexity index is 616. The van der Waals surface area contributed by atoms with Gasteiger partial charge in [0.1, 0.15) is 6.10 Å². The van der Waals surface area contributed by atoms with Crippen molar-refractivity contribution in [3.8, 4) is 0 Å². The van der Waals surface area contributed by atoms with E-state index in [4.69, 9.17) is 11.5 Å². The molecule has 4 bridgehead atoms. The van der Waals surface area contributed by atoms with Crippen LogP contribution in [-0.4, -0.2) is 28.6 Å². The Balaban J connectivity index is 1.50. The van der Waals surface area contributed by atoms with Gasteiger partial charge < -0.3 is 16.6 Å². The van der Waals surface area contributed by atoms with Crippen LogP contribution in [0, 0.1) is 17.3 Å². The summed E-state index contributed by atoms with van der Waals surface area (Å²) in [5.41, 5.74) is 13.3. The Hall–Kier alpha value is -1.23. The van der Waals surface area contributed by atoms with Crippen molar-refractivity contribution in [3.63, 3.8) is 0 Å². The molecule has 0 radical (unpaired) electrons. The molecule has 3 unspecified atom stereocenters. The molecule has 0 spiro atoms. The van der Waals surface area contributed by atoms with Crippen LogP contribution in [-0.2, 0) is 11.2 Å². The molecule has 4 saturated carbocycles. The topological polar surface area (TPSA) is 89.3 Å². The normalized spacial score (nSPS) is 39.6. The Morgan fingerprint density at radius 1 is 1.17 bits per heavy atom. The fourth-order valence-corrected chi connectivity index (χ4v) is 6.20. The third-order valence-corrected chi connectivity index (χ3v) is 6.67. The Morgan fingerprint density at radius 3 is 2.38 bits per heavy atom. The van der Waals surface area contributed by atoms with E-state index in [0.29, 0.717) is 18.3 Å². The Morgan fingerprint density at radius 2 is 1.79 bits per heavy atom. The van der Waals surface area contributed by atoms with E-state index >= 15 is 0 Å². The standard InChI is InChI=1S/C20H28N2O2/c21-16(7-13-4-2-1-3-5-13)17(23)18(24)19-8-14-6-15(9-19)11-20(22,10-14)12-19/h1-5,14-16,18,24H,6-12,21-22H2/t14?,15?,16-,18?,19?,20?/m0/s1. The number of benzene rings is 1. The first-order chi connectivity index (χ1) is 11.4. The summed E-state index contributed by atoms with van der Waals surface area (Å²) in [4.78, 5) is 12.9. The minimum Gasteiger partial charge on any atom is -0.385 e. The van der Waals surface area contributed by atoms with E-state index in [9.17, 15) is 9.90 Å². The van der Waals surface area contributed by atoms with Crippen LogP contribution in [0.5, 0.6) is 0 Å². The quantitative estimate of drug-likeness (QED) is 0.769. The SMILES string of the molecule is N[C@@H](Cc1ccccc1)C(=O)C(O)C12CC3CC(CC(N)(C3)C1)C2. The van der Waals surface area contributed by atoms with Crippen LogP contribution in [0.2, 0.25) is 0 Å². The molecular formula is C20H28N2O2. The van der Waals surface area contributed by atoms with Gasteiger partial charge in [0, 0.05) is 11.0 Å². The number of ketones is 1. The zero-order valence-electron chi connectivity index (χ0n) is 14.2. The van der Waals surface area contributed by atoms with Gasteiger partial charge in [-0.05, 0) is 62.3 Å². The van der Waals surface area contributed by atoms with E-state index in [-0.39, 0.29) is 16.7 Å². The highest BCUT2D eigenvalue weighted by molar-refractivity contribution is 5.89. The molecule has 4 atom stereocenters. The minimum absolute atomic E-state index is 0.172. The van der Waals surface area contributed by atoms with Gasteiger partial charge in [0.25, 0.3) is 0 Å². The second-order valence-corrected chi connectivity index (χ2v) is 8.79. The van der Waals surface area contributed by atoms with Crippen molar-refractivity contribution in [2.75, 3.05) is 0 Å². The predicted molar refractivity (Wildman–Crippen MR) is 93.2 cm³/mol. The number of rotatable bonds is 5. The Kier molecular flexibility index (Phi) is 3.83. The molecule has 5 N–H and O–H groups in total. The van der Waals surface area contributed by atoms with Crippen LogP contribution < -0.4 is 11.5 Å². The van der Waals surface area contributed by atoms with Crippen LogP contribution in [0.1, 0.15) is 44.1 Å². The van der Waals surface area contributed by atoms with E-state index < -0.39 is 12.1 Å². The van der Waals surface area contributed by atoms with E-state index in [2.05, 4.69) is 0 Å². The van der Waals surface area contributed by atoms with E-state index in [1.54, 1.807) is 0 Å². The number of hydrogen-bond donors (Lipinski definition) is 3.